The van der Waals surface area contributed by atoms with Gasteiger partial charge < -0.3 is 19.5 Å². The van der Waals surface area contributed by atoms with E-state index in [1.54, 1.807) is 27.7 Å². The summed E-state index contributed by atoms with van der Waals surface area (Å²) in [6.07, 6.45) is 1.13. The molecule has 0 fully saturated rings. The minimum absolute atomic E-state index is 0.0849. The van der Waals surface area contributed by atoms with Gasteiger partial charge in [0.05, 0.1) is 6.61 Å². The summed E-state index contributed by atoms with van der Waals surface area (Å²) in [6.45, 7) is 8.10. The van der Waals surface area contributed by atoms with Crippen LogP contribution in [0.15, 0.2) is 30.3 Å². The van der Waals surface area contributed by atoms with Gasteiger partial charge in [-0.05, 0) is 52.6 Å². The Morgan fingerprint density at radius 3 is 2.28 bits per heavy atom. The summed E-state index contributed by atoms with van der Waals surface area (Å²) < 4.78 is 15.6. The number of carbonyl (C=O) groups is 3. The van der Waals surface area contributed by atoms with Crippen molar-refractivity contribution in [3.8, 4) is 0 Å². The Bertz CT molecular complexity index is 638. The van der Waals surface area contributed by atoms with E-state index in [-0.39, 0.29) is 37.8 Å². The molecule has 0 aromatic heterocycles. The Kier molecular flexibility index (Phi) is 11.0. The Morgan fingerprint density at radius 1 is 1.00 bits per heavy atom. The third-order valence-electron chi connectivity index (χ3n) is 3.82. The fourth-order valence-corrected chi connectivity index (χ4v) is 2.49. The summed E-state index contributed by atoms with van der Waals surface area (Å²) in [5, 5.41) is 3.08. The zero-order chi connectivity index (χ0) is 21.7. The molecule has 7 heteroatoms. The summed E-state index contributed by atoms with van der Waals surface area (Å²) in [5.41, 5.74) is 0.275. The van der Waals surface area contributed by atoms with Crippen molar-refractivity contribution >= 4 is 17.9 Å². The van der Waals surface area contributed by atoms with Gasteiger partial charge in [-0.15, -0.1) is 0 Å². The highest BCUT2D eigenvalue weighted by atomic mass is 16.6. The molecule has 1 N–H and O–H groups in total. The molecule has 0 bridgehead atoms. The minimum Gasteiger partial charge on any atom is -0.466 e. The van der Waals surface area contributed by atoms with Crippen molar-refractivity contribution in [2.75, 3.05) is 13.2 Å². The summed E-state index contributed by atoms with van der Waals surface area (Å²) in [4.78, 5) is 35.9. The monoisotopic (exact) mass is 407 g/mol. The van der Waals surface area contributed by atoms with Gasteiger partial charge in [-0.25, -0.2) is 0 Å². The maximum Gasteiger partial charge on any atom is 0.323 e. The predicted molar refractivity (Wildman–Crippen MR) is 109 cm³/mol. The highest BCUT2D eigenvalue weighted by Crippen LogP contribution is 2.12. The average molecular weight is 408 g/mol. The highest BCUT2D eigenvalue weighted by molar-refractivity contribution is 5.77. The van der Waals surface area contributed by atoms with Crippen LogP contribution in [0.4, 0.5) is 0 Å². The predicted octanol–water partition coefficient (Wildman–Crippen LogP) is 3.15. The quantitative estimate of drug-likeness (QED) is 0.323. The molecule has 1 aromatic carbocycles. The largest absolute Gasteiger partial charge is 0.466 e. The fourth-order valence-electron chi connectivity index (χ4n) is 2.49. The number of hydrogen-bond donors (Lipinski definition) is 1. The van der Waals surface area contributed by atoms with E-state index in [9.17, 15) is 14.4 Å². The van der Waals surface area contributed by atoms with E-state index < -0.39 is 17.6 Å². The maximum absolute atomic E-state index is 12.5. The van der Waals surface area contributed by atoms with Crippen molar-refractivity contribution in [3.63, 3.8) is 0 Å². The van der Waals surface area contributed by atoms with Crippen LogP contribution >= 0.6 is 0 Å². The van der Waals surface area contributed by atoms with E-state index in [0.29, 0.717) is 19.6 Å². The van der Waals surface area contributed by atoms with Gasteiger partial charge in [0.2, 0.25) is 0 Å². The van der Waals surface area contributed by atoms with Crippen molar-refractivity contribution in [2.45, 2.75) is 71.6 Å². The third-order valence-corrected chi connectivity index (χ3v) is 3.82. The Labute approximate surface area is 173 Å². The topological polar surface area (TPSA) is 90.9 Å². The normalized spacial score (nSPS) is 12.1. The first-order valence-corrected chi connectivity index (χ1v) is 10.0. The molecule has 0 amide bonds. The highest BCUT2D eigenvalue weighted by Gasteiger charge is 2.25. The third kappa shape index (κ3) is 11.9. The van der Waals surface area contributed by atoms with E-state index in [1.807, 2.05) is 30.3 Å². The first kappa shape index (κ1) is 24.6. The number of hydrogen-bond acceptors (Lipinski definition) is 7. The van der Waals surface area contributed by atoms with Gasteiger partial charge in [0, 0.05) is 12.8 Å². The Hall–Kier alpha value is -2.41. The molecule has 7 nitrogen and oxygen atoms in total. The zero-order valence-corrected chi connectivity index (χ0v) is 17.9. The van der Waals surface area contributed by atoms with Crippen molar-refractivity contribution in [1.29, 1.82) is 0 Å². The van der Waals surface area contributed by atoms with Gasteiger partial charge in [0.1, 0.15) is 18.2 Å². The molecule has 1 rings (SSSR count). The second-order valence-corrected chi connectivity index (χ2v) is 7.63. The maximum atomic E-state index is 12.5. The number of benzene rings is 1. The molecule has 0 spiro atoms. The SMILES string of the molecule is CCOC(=O)CCCNC(CCC(=O)OCc1ccccc1)C(=O)OC(C)(C)C. The number of rotatable bonds is 12. The number of nitrogens with one attached hydrogen (secondary N) is 1. The van der Waals surface area contributed by atoms with Gasteiger partial charge in [-0.2, -0.15) is 0 Å². The van der Waals surface area contributed by atoms with Crippen LogP contribution in [-0.4, -0.2) is 42.7 Å². The molecular weight excluding hydrogens is 374 g/mol. The van der Waals surface area contributed by atoms with Crippen LogP contribution in [0, 0.1) is 0 Å². The molecule has 0 aliphatic carbocycles. The van der Waals surface area contributed by atoms with Crippen molar-refractivity contribution < 1.29 is 28.6 Å². The summed E-state index contributed by atoms with van der Waals surface area (Å²) in [6, 6.07) is 8.75. The summed E-state index contributed by atoms with van der Waals surface area (Å²) in [7, 11) is 0. The Morgan fingerprint density at radius 2 is 1.66 bits per heavy atom. The molecule has 0 aliphatic rings. The van der Waals surface area contributed by atoms with E-state index in [4.69, 9.17) is 14.2 Å². The van der Waals surface area contributed by atoms with Gasteiger partial charge >= 0.3 is 17.9 Å². The molecule has 0 heterocycles. The molecule has 0 saturated carbocycles. The standard InChI is InChI=1S/C22H33NO6/c1-5-27-19(24)12-9-15-23-18(21(26)29-22(2,3)4)13-14-20(25)28-16-17-10-7-6-8-11-17/h6-8,10-11,18,23H,5,9,12-16H2,1-4H3. The minimum atomic E-state index is -0.652. The van der Waals surface area contributed by atoms with Crippen LogP contribution in [0.2, 0.25) is 0 Å². The van der Waals surface area contributed by atoms with Gasteiger partial charge in [0.15, 0.2) is 0 Å². The van der Waals surface area contributed by atoms with Crippen LogP contribution in [0.1, 0.15) is 58.9 Å². The molecule has 162 valence electrons. The molecule has 0 aliphatic heterocycles. The molecule has 1 aromatic rings. The molecule has 0 saturated heterocycles. The lowest BCUT2D eigenvalue weighted by molar-refractivity contribution is -0.158. The van der Waals surface area contributed by atoms with Gasteiger partial charge in [-0.1, -0.05) is 30.3 Å². The van der Waals surface area contributed by atoms with Crippen molar-refractivity contribution in [1.82, 2.24) is 5.32 Å². The van der Waals surface area contributed by atoms with Crippen LogP contribution < -0.4 is 5.32 Å². The number of carbonyl (C=O) groups excluding carboxylic acids is 3. The zero-order valence-electron chi connectivity index (χ0n) is 17.9. The summed E-state index contributed by atoms with van der Waals surface area (Å²) in [5.74, 6) is -1.08. The molecule has 1 unspecified atom stereocenters. The lowest BCUT2D eigenvalue weighted by atomic mass is 10.1. The summed E-state index contributed by atoms with van der Waals surface area (Å²) >= 11 is 0. The van der Waals surface area contributed by atoms with E-state index in [2.05, 4.69) is 5.32 Å². The van der Waals surface area contributed by atoms with Crippen LogP contribution in [-0.2, 0) is 35.2 Å². The van der Waals surface area contributed by atoms with Crippen LogP contribution in [0.5, 0.6) is 0 Å². The lowest BCUT2D eigenvalue weighted by Gasteiger charge is -2.24. The number of esters is 3. The fraction of sp³-hybridized carbons (Fsp3) is 0.591. The van der Waals surface area contributed by atoms with Crippen molar-refractivity contribution in [2.24, 2.45) is 0 Å². The van der Waals surface area contributed by atoms with Crippen LogP contribution in [0.3, 0.4) is 0 Å². The van der Waals surface area contributed by atoms with Crippen molar-refractivity contribution in [3.05, 3.63) is 35.9 Å². The van der Waals surface area contributed by atoms with E-state index in [0.717, 1.165) is 5.56 Å². The van der Waals surface area contributed by atoms with Gasteiger partial charge in [-0.3, -0.25) is 14.4 Å². The second kappa shape index (κ2) is 12.9. The van der Waals surface area contributed by atoms with E-state index in [1.165, 1.54) is 0 Å². The number of ether oxygens (including phenoxy) is 3. The van der Waals surface area contributed by atoms with Gasteiger partial charge in [0.25, 0.3) is 0 Å². The van der Waals surface area contributed by atoms with Crippen LogP contribution in [0.25, 0.3) is 0 Å². The molecule has 29 heavy (non-hydrogen) atoms. The second-order valence-electron chi connectivity index (χ2n) is 7.63. The molecular formula is C22H33NO6. The average Bonchev–Trinajstić information content (AvgIpc) is 2.65. The first-order valence-electron chi connectivity index (χ1n) is 10.0. The molecule has 1 atom stereocenters. The van der Waals surface area contributed by atoms with E-state index >= 15 is 0 Å². The lowest BCUT2D eigenvalue weighted by Crippen LogP contribution is -2.42. The Balaban J connectivity index is 2.48. The first-order chi connectivity index (χ1) is 13.7. The smallest absolute Gasteiger partial charge is 0.323 e. The molecule has 0 radical (unpaired) electrons.